The van der Waals surface area contributed by atoms with Gasteiger partial charge in [-0.25, -0.2) is 0 Å². The van der Waals surface area contributed by atoms with Crippen molar-refractivity contribution in [3.63, 3.8) is 0 Å². The van der Waals surface area contributed by atoms with Crippen molar-refractivity contribution in [2.24, 2.45) is 0 Å². The third kappa shape index (κ3) is 5.75. The van der Waals surface area contributed by atoms with Crippen LogP contribution in [0.4, 0.5) is 5.69 Å². The maximum atomic E-state index is 12.8. The summed E-state index contributed by atoms with van der Waals surface area (Å²) in [6.45, 7) is 2.12. The van der Waals surface area contributed by atoms with Crippen molar-refractivity contribution < 1.29 is 28.3 Å². The van der Waals surface area contributed by atoms with E-state index in [1.54, 1.807) is 36.4 Å². The summed E-state index contributed by atoms with van der Waals surface area (Å²) in [7, 11) is 0. The quantitative estimate of drug-likeness (QED) is 0.328. The number of rotatable bonds is 9. The zero-order chi connectivity index (χ0) is 26.5. The van der Waals surface area contributed by atoms with Crippen molar-refractivity contribution in [2.75, 3.05) is 18.1 Å². The molecule has 3 aromatic carbocycles. The summed E-state index contributed by atoms with van der Waals surface area (Å²) in [6, 6.07) is 25.2. The largest absolute Gasteiger partial charge is 0.485 e. The number of hydrogen-bond acceptors (Lipinski definition) is 6. The van der Waals surface area contributed by atoms with Crippen LogP contribution in [-0.4, -0.2) is 30.8 Å². The molecule has 0 saturated heterocycles. The highest BCUT2D eigenvalue weighted by atomic mass is 16.5. The Bertz CT molecular complexity index is 1480. The summed E-state index contributed by atoms with van der Waals surface area (Å²) in [5, 5.41) is 2.82. The molecule has 0 spiro atoms. The minimum atomic E-state index is -0.352. The fourth-order valence-electron chi connectivity index (χ4n) is 4.09. The Morgan fingerprint density at radius 3 is 2.63 bits per heavy atom. The predicted molar refractivity (Wildman–Crippen MR) is 140 cm³/mol. The molecule has 1 aliphatic heterocycles. The second kappa shape index (κ2) is 11.0. The van der Waals surface area contributed by atoms with Crippen LogP contribution in [0.25, 0.3) is 0 Å². The molecular weight excluding hydrogens is 484 g/mol. The lowest BCUT2D eigenvalue weighted by Gasteiger charge is -2.29. The topological polar surface area (TPSA) is 98.1 Å². The van der Waals surface area contributed by atoms with Gasteiger partial charge in [-0.1, -0.05) is 42.5 Å². The molecule has 5 rings (SSSR count). The van der Waals surface area contributed by atoms with Crippen molar-refractivity contribution in [3.05, 3.63) is 113 Å². The van der Waals surface area contributed by atoms with E-state index in [0.29, 0.717) is 35.1 Å². The number of furan rings is 1. The molecule has 38 heavy (non-hydrogen) atoms. The van der Waals surface area contributed by atoms with Crippen LogP contribution in [0.3, 0.4) is 0 Å². The zero-order valence-corrected chi connectivity index (χ0v) is 20.8. The van der Waals surface area contributed by atoms with Gasteiger partial charge in [-0.2, -0.15) is 0 Å². The fourth-order valence-corrected chi connectivity index (χ4v) is 4.09. The average Bonchev–Trinajstić information content (AvgIpc) is 3.41. The first-order valence-electron chi connectivity index (χ1n) is 12.2. The Balaban J connectivity index is 1.27. The smallest absolute Gasteiger partial charge is 0.287 e. The van der Waals surface area contributed by atoms with Gasteiger partial charge < -0.3 is 19.2 Å². The van der Waals surface area contributed by atoms with Gasteiger partial charge in [0.05, 0.1) is 12.2 Å². The molecule has 8 heteroatoms. The van der Waals surface area contributed by atoms with E-state index >= 15 is 0 Å². The first-order valence-corrected chi connectivity index (χ1v) is 12.2. The molecule has 1 N–H and O–H groups in total. The van der Waals surface area contributed by atoms with Crippen LogP contribution >= 0.6 is 0 Å². The molecule has 4 aromatic rings. The molecule has 2 amide bonds. The maximum absolute atomic E-state index is 12.8. The standard InChI is InChI=1S/C30H26N2O6/c1-20-6-5-9-23(14-20)36-18-26(33)22-10-12-27-25(15-22)32(29(34)19-37-27)17-24-11-13-28(38-24)30(35)31-16-21-7-3-2-4-8-21/h2-15H,16-19H2,1H3,(H,31,35). The van der Waals surface area contributed by atoms with Crippen LogP contribution in [0, 0.1) is 6.92 Å². The van der Waals surface area contributed by atoms with Gasteiger partial charge in [0.15, 0.2) is 24.8 Å². The number of nitrogens with one attached hydrogen (secondary N) is 1. The van der Waals surface area contributed by atoms with Crippen LogP contribution in [0.1, 0.15) is 37.8 Å². The summed E-state index contributed by atoms with van der Waals surface area (Å²) < 4.78 is 17.0. The van der Waals surface area contributed by atoms with Gasteiger partial charge in [0.25, 0.3) is 11.8 Å². The first-order chi connectivity index (χ1) is 18.5. The highest BCUT2D eigenvalue weighted by Crippen LogP contribution is 2.34. The summed E-state index contributed by atoms with van der Waals surface area (Å²) in [4.78, 5) is 39.6. The molecule has 0 atom stereocenters. The molecule has 1 aromatic heterocycles. The summed E-state index contributed by atoms with van der Waals surface area (Å²) in [6.07, 6.45) is 0. The van der Waals surface area contributed by atoms with E-state index in [1.165, 1.54) is 4.90 Å². The lowest BCUT2D eigenvalue weighted by molar-refractivity contribution is -0.121. The molecule has 0 fully saturated rings. The average molecular weight is 511 g/mol. The molecule has 0 saturated carbocycles. The minimum absolute atomic E-state index is 0.0819. The van der Waals surface area contributed by atoms with Gasteiger partial charge >= 0.3 is 0 Å². The van der Waals surface area contributed by atoms with Crippen LogP contribution in [0.2, 0.25) is 0 Å². The van der Waals surface area contributed by atoms with Crippen LogP contribution in [-0.2, 0) is 17.9 Å². The van der Waals surface area contributed by atoms with E-state index in [4.69, 9.17) is 13.9 Å². The normalized spacial score (nSPS) is 12.4. The monoisotopic (exact) mass is 510 g/mol. The van der Waals surface area contributed by atoms with Gasteiger partial charge in [0, 0.05) is 12.1 Å². The number of aryl methyl sites for hydroxylation is 1. The maximum Gasteiger partial charge on any atom is 0.287 e. The number of carbonyl (C=O) groups is 3. The van der Waals surface area contributed by atoms with E-state index in [1.807, 2.05) is 55.5 Å². The van der Waals surface area contributed by atoms with E-state index < -0.39 is 0 Å². The molecule has 0 unspecified atom stereocenters. The minimum Gasteiger partial charge on any atom is -0.485 e. The highest BCUT2D eigenvalue weighted by Gasteiger charge is 2.28. The molecule has 0 radical (unpaired) electrons. The zero-order valence-electron chi connectivity index (χ0n) is 20.8. The van der Waals surface area contributed by atoms with Gasteiger partial charge in [-0.05, 0) is 60.5 Å². The number of fused-ring (bicyclic) bond motifs is 1. The number of hydrogen-bond donors (Lipinski definition) is 1. The number of ether oxygens (including phenoxy) is 2. The Morgan fingerprint density at radius 2 is 1.82 bits per heavy atom. The second-order valence-corrected chi connectivity index (χ2v) is 8.91. The number of anilines is 1. The third-order valence-corrected chi connectivity index (χ3v) is 6.08. The Morgan fingerprint density at radius 1 is 0.974 bits per heavy atom. The lowest BCUT2D eigenvalue weighted by atomic mass is 10.1. The summed E-state index contributed by atoms with van der Waals surface area (Å²) in [5.41, 5.74) is 2.84. The Labute approximate surface area is 219 Å². The second-order valence-electron chi connectivity index (χ2n) is 8.91. The van der Waals surface area contributed by atoms with Crippen molar-refractivity contribution in [1.29, 1.82) is 0 Å². The van der Waals surface area contributed by atoms with Crippen molar-refractivity contribution in [2.45, 2.75) is 20.0 Å². The summed E-state index contributed by atoms with van der Waals surface area (Å²) in [5.74, 6) is 0.790. The number of carbonyl (C=O) groups excluding carboxylic acids is 3. The number of amides is 2. The predicted octanol–water partition coefficient (Wildman–Crippen LogP) is 4.71. The number of benzene rings is 3. The van der Waals surface area contributed by atoms with Gasteiger partial charge in [0.1, 0.15) is 17.3 Å². The molecule has 0 bridgehead atoms. The van der Waals surface area contributed by atoms with E-state index in [9.17, 15) is 14.4 Å². The van der Waals surface area contributed by atoms with E-state index in [2.05, 4.69) is 5.32 Å². The van der Waals surface area contributed by atoms with Crippen molar-refractivity contribution in [3.8, 4) is 11.5 Å². The Kier molecular flexibility index (Phi) is 7.21. The van der Waals surface area contributed by atoms with Gasteiger partial charge in [-0.15, -0.1) is 0 Å². The first kappa shape index (κ1) is 24.8. The van der Waals surface area contributed by atoms with Crippen molar-refractivity contribution >= 4 is 23.3 Å². The summed E-state index contributed by atoms with van der Waals surface area (Å²) >= 11 is 0. The van der Waals surface area contributed by atoms with Crippen LogP contribution < -0.4 is 19.7 Å². The Hall–Kier alpha value is -4.85. The highest BCUT2D eigenvalue weighted by molar-refractivity contribution is 6.02. The lowest BCUT2D eigenvalue weighted by Crippen LogP contribution is -2.38. The number of Topliss-reactive ketones (excluding diaryl/α,β-unsaturated/α-hetero) is 1. The van der Waals surface area contributed by atoms with Gasteiger partial charge in [-0.3, -0.25) is 19.3 Å². The third-order valence-electron chi connectivity index (χ3n) is 6.08. The molecule has 2 heterocycles. The number of nitrogens with zero attached hydrogens (tertiary/aromatic N) is 1. The molecule has 1 aliphatic rings. The van der Waals surface area contributed by atoms with E-state index in [0.717, 1.165) is 11.1 Å². The SMILES string of the molecule is Cc1cccc(OCC(=O)c2ccc3c(c2)N(Cc2ccc(C(=O)NCc4ccccc4)o2)C(=O)CO3)c1. The molecule has 0 aliphatic carbocycles. The van der Waals surface area contributed by atoms with E-state index in [-0.39, 0.29) is 43.1 Å². The fraction of sp³-hybridized carbons (Fsp3) is 0.167. The van der Waals surface area contributed by atoms with Crippen molar-refractivity contribution in [1.82, 2.24) is 5.32 Å². The molecule has 8 nitrogen and oxygen atoms in total. The van der Waals surface area contributed by atoms with Crippen LogP contribution in [0.15, 0.2) is 89.3 Å². The molecular formula is C30H26N2O6. The van der Waals surface area contributed by atoms with Gasteiger partial charge in [0.2, 0.25) is 0 Å². The molecule has 192 valence electrons. The number of ketones is 1. The van der Waals surface area contributed by atoms with Crippen LogP contribution in [0.5, 0.6) is 11.5 Å².